The van der Waals surface area contributed by atoms with Crippen LogP contribution >= 0.6 is 24.0 Å². The Balaban J connectivity index is 0.00000338. The number of carbonyl (C=O) groups excluding carboxylic acids is 1. The van der Waals surface area contributed by atoms with Crippen LogP contribution in [0.15, 0.2) is 29.3 Å². The number of nitrogens with zero attached hydrogens (tertiary/aromatic N) is 2. The van der Waals surface area contributed by atoms with Crippen LogP contribution in [0.4, 0.5) is 5.69 Å². The smallest absolute Gasteiger partial charge is 0.220 e. The number of rotatable bonds is 8. The number of anilines is 1. The molecule has 1 saturated heterocycles. The molecule has 0 aliphatic carbocycles. The molecule has 1 amide bonds. The van der Waals surface area contributed by atoms with Gasteiger partial charge in [-0.2, -0.15) is 0 Å². The maximum absolute atomic E-state index is 11.2. The third-order valence-electron chi connectivity index (χ3n) is 4.76. The predicted octanol–water partition coefficient (Wildman–Crippen LogP) is 2.57. The number of nitrogens with two attached hydrogens (primary N) is 2. The van der Waals surface area contributed by atoms with Crippen LogP contribution in [0.3, 0.4) is 0 Å². The highest BCUT2D eigenvalue weighted by molar-refractivity contribution is 14.0. The fourth-order valence-electron chi connectivity index (χ4n) is 3.14. The van der Waals surface area contributed by atoms with E-state index >= 15 is 0 Å². The third kappa shape index (κ3) is 7.90. The summed E-state index contributed by atoms with van der Waals surface area (Å²) in [5, 5.41) is 3.15. The number of primary amides is 1. The second kappa shape index (κ2) is 12.1. The summed E-state index contributed by atoms with van der Waals surface area (Å²) in [5.74, 6) is 0.384. The minimum atomic E-state index is -0.151. The molecule has 1 aromatic rings. The average molecular weight is 473 g/mol. The lowest BCUT2D eigenvalue weighted by atomic mass is 9.96. The summed E-state index contributed by atoms with van der Waals surface area (Å²) in [4.78, 5) is 18.0. The highest BCUT2D eigenvalue weighted by Gasteiger charge is 2.22. The summed E-state index contributed by atoms with van der Waals surface area (Å²) in [6, 6.07) is 8.22. The monoisotopic (exact) mass is 473 g/mol. The molecular formula is C19H32IN5O. The Hall–Kier alpha value is -1.35. The third-order valence-corrected chi connectivity index (χ3v) is 4.76. The quantitative estimate of drug-likeness (QED) is 0.234. The van der Waals surface area contributed by atoms with E-state index in [0.717, 1.165) is 64.0 Å². The zero-order valence-corrected chi connectivity index (χ0v) is 17.9. The molecule has 1 heterocycles. The van der Waals surface area contributed by atoms with Gasteiger partial charge in [0.2, 0.25) is 5.91 Å². The van der Waals surface area contributed by atoms with Gasteiger partial charge < -0.3 is 21.7 Å². The first-order valence-electron chi connectivity index (χ1n) is 9.26. The number of piperidine rings is 1. The molecule has 0 bridgehead atoms. The van der Waals surface area contributed by atoms with Crippen LogP contribution < -0.4 is 16.8 Å². The Kier molecular flexibility index (Phi) is 10.6. The van der Waals surface area contributed by atoms with Crippen molar-refractivity contribution in [3.63, 3.8) is 0 Å². The van der Waals surface area contributed by atoms with Crippen LogP contribution in [0.25, 0.3) is 0 Å². The number of likely N-dealkylation sites (tertiary alicyclic amines) is 1. The van der Waals surface area contributed by atoms with Crippen molar-refractivity contribution in [1.82, 2.24) is 4.90 Å². The highest BCUT2D eigenvalue weighted by atomic mass is 127. The molecule has 0 atom stereocenters. The molecule has 1 aromatic carbocycles. The molecule has 1 aliphatic rings. The van der Waals surface area contributed by atoms with Crippen molar-refractivity contribution in [1.29, 1.82) is 0 Å². The Bertz CT molecular complexity index is 585. The van der Waals surface area contributed by atoms with Crippen LogP contribution in [-0.4, -0.2) is 42.9 Å². The summed E-state index contributed by atoms with van der Waals surface area (Å²) in [6.07, 6.45) is 4.88. The normalized spacial score (nSPS) is 16.1. The van der Waals surface area contributed by atoms with Crippen molar-refractivity contribution in [2.45, 2.75) is 39.0 Å². The largest absolute Gasteiger partial charge is 0.370 e. The second-order valence-electron chi connectivity index (χ2n) is 6.67. The van der Waals surface area contributed by atoms with Gasteiger partial charge in [-0.25, -0.2) is 0 Å². The standard InChI is InChI=1S/C19H31N5O.HI/c1-2-15-6-5-7-17(14-15)23-19(21)22-10-3-4-11-24-12-8-16(9-13-24)18(20)25;/h5-7,14,16H,2-4,8-13H2,1H3,(H2,20,25)(H3,21,22,23);1H. The summed E-state index contributed by atoms with van der Waals surface area (Å²) < 4.78 is 0. The summed E-state index contributed by atoms with van der Waals surface area (Å²) >= 11 is 0. The number of aryl methyl sites for hydroxylation is 1. The number of carbonyl (C=O) groups is 1. The second-order valence-corrected chi connectivity index (χ2v) is 6.67. The number of nitrogens with one attached hydrogen (secondary N) is 1. The molecule has 0 unspecified atom stereocenters. The Morgan fingerprint density at radius 3 is 2.65 bits per heavy atom. The molecule has 0 aromatic heterocycles. The van der Waals surface area contributed by atoms with Crippen LogP contribution in [0, 0.1) is 5.92 Å². The number of unbranched alkanes of at least 4 members (excludes halogenated alkanes) is 1. The van der Waals surface area contributed by atoms with Crippen molar-refractivity contribution >= 4 is 41.5 Å². The fourth-order valence-corrected chi connectivity index (χ4v) is 3.14. The highest BCUT2D eigenvalue weighted by Crippen LogP contribution is 2.16. The van der Waals surface area contributed by atoms with Crippen molar-refractivity contribution in [2.75, 3.05) is 31.5 Å². The van der Waals surface area contributed by atoms with E-state index in [1.54, 1.807) is 0 Å². The van der Waals surface area contributed by atoms with Gasteiger partial charge in [-0.1, -0.05) is 19.1 Å². The topological polar surface area (TPSA) is 96.7 Å². The maximum Gasteiger partial charge on any atom is 0.220 e. The van der Waals surface area contributed by atoms with Gasteiger partial charge >= 0.3 is 0 Å². The van der Waals surface area contributed by atoms with Crippen molar-refractivity contribution < 1.29 is 4.79 Å². The SMILES string of the molecule is CCc1cccc(NC(N)=NCCCCN2CCC(C(N)=O)CC2)c1.I. The molecule has 0 spiro atoms. The molecule has 1 aliphatic heterocycles. The van der Waals surface area contributed by atoms with Crippen LogP contribution in [0.1, 0.15) is 38.2 Å². The molecule has 7 heteroatoms. The Labute approximate surface area is 173 Å². The number of aliphatic imine (C=N–C) groups is 1. The van der Waals surface area contributed by atoms with E-state index < -0.39 is 0 Å². The molecule has 2 rings (SSSR count). The Morgan fingerprint density at radius 2 is 2.00 bits per heavy atom. The van der Waals surface area contributed by atoms with Crippen LogP contribution in [-0.2, 0) is 11.2 Å². The van der Waals surface area contributed by atoms with Crippen molar-refractivity contribution in [2.24, 2.45) is 22.4 Å². The molecule has 0 radical (unpaired) electrons. The van der Waals surface area contributed by atoms with Crippen molar-refractivity contribution in [3.8, 4) is 0 Å². The Morgan fingerprint density at radius 1 is 1.27 bits per heavy atom. The van der Waals surface area contributed by atoms with Gasteiger partial charge in [-0.05, 0) is 69.4 Å². The summed E-state index contributed by atoms with van der Waals surface area (Å²) in [5.41, 5.74) is 13.6. The molecule has 5 N–H and O–H groups in total. The first-order valence-corrected chi connectivity index (χ1v) is 9.26. The van der Waals surface area contributed by atoms with Crippen molar-refractivity contribution in [3.05, 3.63) is 29.8 Å². The number of halogens is 1. The number of guanidine groups is 1. The van der Waals surface area contributed by atoms with Crippen LogP contribution in [0.2, 0.25) is 0 Å². The molecular weight excluding hydrogens is 441 g/mol. The van der Waals surface area contributed by atoms with E-state index in [2.05, 4.69) is 34.3 Å². The van der Waals surface area contributed by atoms with Gasteiger partial charge in [0.1, 0.15) is 0 Å². The summed E-state index contributed by atoms with van der Waals surface area (Å²) in [7, 11) is 0. The van der Waals surface area contributed by atoms with Gasteiger partial charge in [0.05, 0.1) is 0 Å². The first-order chi connectivity index (χ1) is 12.1. The van der Waals surface area contributed by atoms with Gasteiger partial charge in [0, 0.05) is 18.2 Å². The number of hydrogen-bond acceptors (Lipinski definition) is 3. The number of benzene rings is 1. The number of hydrogen-bond donors (Lipinski definition) is 3. The van der Waals surface area contributed by atoms with E-state index in [-0.39, 0.29) is 35.8 Å². The van der Waals surface area contributed by atoms with E-state index in [4.69, 9.17) is 11.5 Å². The number of amides is 1. The van der Waals surface area contributed by atoms with E-state index in [0.29, 0.717) is 5.96 Å². The fraction of sp³-hybridized carbons (Fsp3) is 0.579. The molecule has 26 heavy (non-hydrogen) atoms. The maximum atomic E-state index is 11.2. The zero-order valence-electron chi connectivity index (χ0n) is 15.6. The van der Waals surface area contributed by atoms with Gasteiger partial charge in [-0.3, -0.25) is 9.79 Å². The summed E-state index contributed by atoms with van der Waals surface area (Å²) in [6.45, 7) is 5.84. The lowest BCUT2D eigenvalue weighted by Gasteiger charge is -2.30. The van der Waals surface area contributed by atoms with E-state index in [1.807, 2.05) is 12.1 Å². The van der Waals surface area contributed by atoms with E-state index in [1.165, 1.54) is 5.56 Å². The van der Waals surface area contributed by atoms with Gasteiger partial charge in [-0.15, -0.1) is 24.0 Å². The zero-order chi connectivity index (χ0) is 18.1. The molecule has 0 saturated carbocycles. The minimum absolute atomic E-state index is 0. The van der Waals surface area contributed by atoms with E-state index in [9.17, 15) is 4.79 Å². The molecule has 146 valence electrons. The predicted molar refractivity (Wildman–Crippen MR) is 119 cm³/mol. The minimum Gasteiger partial charge on any atom is -0.370 e. The average Bonchev–Trinajstić information content (AvgIpc) is 2.62. The lowest BCUT2D eigenvalue weighted by molar-refractivity contribution is -0.123. The molecule has 1 fully saturated rings. The molecule has 6 nitrogen and oxygen atoms in total. The van der Waals surface area contributed by atoms with Gasteiger partial charge in [0.15, 0.2) is 5.96 Å². The first kappa shape index (κ1) is 22.7. The lowest BCUT2D eigenvalue weighted by Crippen LogP contribution is -2.38. The van der Waals surface area contributed by atoms with Gasteiger partial charge in [0.25, 0.3) is 0 Å². The van der Waals surface area contributed by atoms with Crippen LogP contribution in [0.5, 0.6) is 0 Å².